The summed E-state index contributed by atoms with van der Waals surface area (Å²) >= 11 is 0. The number of benzene rings is 1. The lowest BCUT2D eigenvalue weighted by Gasteiger charge is -2.11. The number of hydrogen-bond acceptors (Lipinski definition) is 4. The first-order chi connectivity index (χ1) is 13.4. The van der Waals surface area contributed by atoms with Crippen LogP contribution in [0.25, 0.3) is 22.2 Å². The Labute approximate surface area is 161 Å². The van der Waals surface area contributed by atoms with E-state index < -0.39 is 15.8 Å². The molecule has 28 heavy (non-hydrogen) atoms. The highest BCUT2D eigenvalue weighted by atomic mass is 32.2. The summed E-state index contributed by atoms with van der Waals surface area (Å²) in [5, 5.41) is 3.57. The van der Waals surface area contributed by atoms with Gasteiger partial charge < -0.3 is 10.3 Å². The van der Waals surface area contributed by atoms with Crippen LogP contribution in [-0.2, 0) is 14.8 Å². The topological polar surface area (TPSA) is 104 Å². The Bertz CT molecular complexity index is 1170. The standard InChI is InChI=1S/C19H19FN4O3S/c1-2-28(26,27)24-16-6-5-12(9-15(16)20)14-10-17(23-19(25)11-3-4-11)22-18-13(14)7-8-21-18/h5-11,24H,2-4H2,1H3,(H2,21,22,23,25). The number of nitrogens with one attached hydrogen (secondary N) is 3. The van der Waals surface area contributed by atoms with Gasteiger partial charge in [-0.15, -0.1) is 0 Å². The highest BCUT2D eigenvalue weighted by Gasteiger charge is 2.30. The first kappa shape index (κ1) is 18.4. The van der Waals surface area contributed by atoms with Gasteiger partial charge in [-0.3, -0.25) is 9.52 Å². The van der Waals surface area contributed by atoms with Crippen molar-refractivity contribution < 1.29 is 17.6 Å². The molecular formula is C19H19FN4O3S. The molecule has 0 aliphatic heterocycles. The van der Waals surface area contributed by atoms with Crippen LogP contribution in [0, 0.1) is 11.7 Å². The lowest BCUT2D eigenvalue weighted by molar-refractivity contribution is -0.117. The van der Waals surface area contributed by atoms with E-state index in [1.165, 1.54) is 19.1 Å². The minimum atomic E-state index is -3.57. The summed E-state index contributed by atoms with van der Waals surface area (Å²) in [5.41, 5.74) is 1.69. The molecule has 2 heterocycles. The van der Waals surface area contributed by atoms with Crippen molar-refractivity contribution in [1.29, 1.82) is 0 Å². The monoisotopic (exact) mass is 402 g/mol. The molecule has 1 fully saturated rings. The number of sulfonamides is 1. The Kier molecular flexibility index (Phi) is 4.54. The van der Waals surface area contributed by atoms with Crippen LogP contribution in [0.2, 0.25) is 0 Å². The van der Waals surface area contributed by atoms with Crippen LogP contribution in [0.4, 0.5) is 15.9 Å². The molecule has 1 aromatic carbocycles. The van der Waals surface area contributed by atoms with Gasteiger partial charge in [0.05, 0.1) is 11.4 Å². The molecule has 4 rings (SSSR count). The van der Waals surface area contributed by atoms with Crippen LogP contribution in [0.15, 0.2) is 36.5 Å². The number of halogens is 1. The van der Waals surface area contributed by atoms with E-state index in [2.05, 4.69) is 20.0 Å². The fourth-order valence-corrected chi connectivity index (χ4v) is 3.56. The highest BCUT2D eigenvalue weighted by molar-refractivity contribution is 7.92. The minimum absolute atomic E-state index is 0.0351. The van der Waals surface area contributed by atoms with E-state index in [1.54, 1.807) is 18.3 Å². The van der Waals surface area contributed by atoms with Gasteiger partial charge in [0, 0.05) is 17.5 Å². The zero-order chi connectivity index (χ0) is 19.9. The number of nitrogens with zero attached hydrogens (tertiary/aromatic N) is 1. The van der Waals surface area contributed by atoms with Crippen LogP contribution in [0.5, 0.6) is 0 Å². The Hall–Kier alpha value is -2.94. The summed E-state index contributed by atoms with van der Waals surface area (Å²) in [7, 11) is -3.57. The lowest BCUT2D eigenvalue weighted by atomic mass is 10.0. The summed E-state index contributed by atoms with van der Waals surface area (Å²) in [5.74, 6) is -0.476. The van der Waals surface area contributed by atoms with E-state index in [-0.39, 0.29) is 23.3 Å². The van der Waals surface area contributed by atoms with Gasteiger partial charge in [-0.05, 0) is 55.2 Å². The number of carbonyl (C=O) groups excluding carboxylic acids is 1. The molecule has 9 heteroatoms. The largest absolute Gasteiger partial charge is 0.346 e. The number of rotatable bonds is 6. The lowest BCUT2D eigenvalue weighted by Crippen LogP contribution is -2.15. The first-order valence-corrected chi connectivity index (χ1v) is 10.6. The van der Waals surface area contributed by atoms with Crippen molar-refractivity contribution in [3.63, 3.8) is 0 Å². The molecule has 3 aromatic rings. The smallest absolute Gasteiger partial charge is 0.232 e. The average Bonchev–Trinajstić information content (AvgIpc) is 3.41. The number of amides is 1. The predicted octanol–water partition coefficient (Wildman–Crippen LogP) is 3.48. The summed E-state index contributed by atoms with van der Waals surface area (Å²) in [6.45, 7) is 1.48. The third-order valence-corrected chi connectivity index (χ3v) is 5.94. The molecule has 1 saturated carbocycles. The zero-order valence-corrected chi connectivity index (χ0v) is 15.9. The van der Waals surface area contributed by atoms with Crippen LogP contribution in [0.1, 0.15) is 19.8 Å². The summed E-state index contributed by atoms with van der Waals surface area (Å²) in [4.78, 5) is 19.5. The SMILES string of the molecule is CCS(=O)(=O)Nc1ccc(-c2cc(NC(=O)C3CC3)nc3[nH]ccc23)cc1F. The molecule has 1 aliphatic carbocycles. The van der Waals surface area contributed by atoms with Crippen molar-refractivity contribution in [2.45, 2.75) is 19.8 Å². The van der Waals surface area contributed by atoms with Gasteiger partial charge in [-0.1, -0.05) is 6.07 Å². The normalized spacial score (nSPS) is 14.2. The number of pyridine rings is 1. The van der Waals surface area contributed by atoms with E-state index >= 15 is 0 Å². The first-order valence-electron chi connectivity index (χ1n) is 8.95. The molecule has 0 saturated heterocycles. The molecule has 1 amide bonds. The van der Waals surface area contributed by atoms with Crippen molar-refractivity contribution >= 4 is 38.5 Å². The van der Waals surface area contributed by atoms with E-state index in [0.29, 0.717) is 22.6 Å². The number of aromatic nitrogens is 2. The summed E-state index contributed by atoms with van der Waals surface area (Å²) < 4.78 is 40.1. The van der Waals surface area contributed by atoms with Crippen LogP contribution < -0.4 is 10.0 Å². The number of fused-ring (bicyclic) bond motifs is 1. The molecule has 146 valence electrons. The van der Waals surface area contributed by atoms with E-state index in [9.17, 15) is 17.6 Å². The zero-order valence-electron chi connectivity index (χ0n) is 15.1. The number of aromatic amines is 1. The quantitative estimate of drug-likeness (QED) is 0.587. The van der Waals surface area contributed by atoms with Crippen molar-refractivity contribution in [3.8, 4) is 11.1 Å². The van der Waals surface area contributed by atoms with Gasteiger partial charge in [0.1, 0.15) is 17.3 Å². The Morgan fingerprint density at radius 3 is 2.75 bits per heavy atom. The second-order valence-corrected chi connectivity index (χ2v) is 8.77. The molecule has 1 aliphatic rings. The van der Waals surface area contributed by atoms with Crippen molar-refractivity contribution in [2.24, 2.45) is 5.92 Å². The van der Waals surface area contributed by atoms with E-state index in [1.807, 2.05) is 6.07 Å². The molecule has 0 radical (unpaired) electrons. The molecule has 0 spiro atoms. The molecule has 0 unspecified atom stereocenters. The van der Waals surface area contributed by atoms with Gasteiger partial charge in [-0.2, -0.15) is 0 Å². The molecule has 7 nitrogen and oxygen atoms in total. The Balaban J connectivity index is 1.72. The number of carbonyl (C=O) groups is 1. The van der Waals surface area contributed by atoms with Crippen LogP contribution >= 0.6 is 0 Å². The predicted molar refractivity (Wildman–Crippen MR) is 106 cm³/mol. The maximum absolute atomic E-state index is 14.5. The molecule has 0 atom stereocenters. The van der Waals surface area contributed by atoms with Crippen molar-refractivity contribution in [3.05, 3.63) is 42.3 Å². The maximum Gasteiger partial charge on any atom is 0.232 e. The van der Waals surface area contributed by atoms with Crippen molar-refractivity contribution in [1.82, 2.24) is 9.97 Å². The Morgan fingerprint density at radius 1 is 1.29 bits per heavy atom. The molecule has 0 bridgehead atoms. The molecule has 2 aromatic heterocycles. The number of H-pyrrole nitrogens is 1. The van der Waals surface area contributed by atoms with Gasteiger partial charge in [-0.25, -0.2) is 17.8 Å². The fraction of sp³-hybridized carbons (Fsp3) is 0.263. The second-order valence-electron chi connectivity index (χ2n) is 6.76. The third kappa shape index (κ3) is 3.70. The average molecular weight is 402 g/mol. The fourth-order valence-electron chi connectivity index (χ4n) is 2.92. The second kappa shape index (κ2) is 6.90. The van der Waals surface area contributed by atoms with E-state index in [4.69, 9.17) is 0 Å². The maximum atomic E-state index is 14.5. The Morgan fingerprint density at radius 2 is 2.07 bits per heavy atom. The van der Waals surface area contributed by atoms with Crippen LogP contribution in [0.3, 0.4) is 0 Å². The molecular weight excluding hydrogens is 383 g/mol. The van der Waals surface area contributed by atoms with Gasteiger partial charge >= 0.3 is 0 Å². The highest BCUT2D eigenvalue weighted by Crippen LogP contribution is 2.34. The van der Waals surface area contributed by atoms with E-state index in [0.717, 1.165) is 18.2 Å². The molecule has 3 N–H and O–H groups in total. The number of hydrogen-bond donors (Lipinski definition) is 3. The third-order valence-electron chi connectivity index (χ3n) is 4.65. The van der Waals surface area contributed by atoms with Crippen molar-refractivity contribution in [2.75, 3.05) is 15.8 Å². The van der Waals surface area contributed by atoms with Gasteiger partial charge in [0.15, 0.2) is 0 Å². The van der Waals surface area contributed by atoms with Gasteiger partial charge in [0.2, 0.25) is 15.9 Å². The summed E-state index contributed by atoms with van der Waals surface area (Å²) in [6.07, 6.45) is 3.47. The van der Waals surface area contributed by atoms with Gasteiger partial charge in [0.25, 0.3) is 0 Å². The number of anilines is 2. The minimum Gasteiger partial charge on any atom is -0.346 e. The summed E-state index contributed by atoms with van der Waals surface area (Å²) in [6, 6.07) is 7.79. The van der Waals surface area contributed by atoms with Crippen LogP contribution in [-0.4, -0.2) is 30.0 Å².